The minimum Gasteiger partial charge on any atom is -0.496 e. The van der Waals surface area contributed by atoms with E-state index in [1.165, 1.54) is 5.56 Å². The molecule has 0 aromatic heterocycles. The van der Waals surface area contributed by atoms with Crippen molar-refractivity contribution in [1.82, 2.24) is 4.90 Å². The van der Waals surface area contributed by atoms with Gasteiger partial charge in [0, 0.05) is 24.5 Å². The molecule has 4 heteroatoms. The van der Waals surface area contributed by atoms with Crippen LogP contribution in [0.2, 0.25) is 0 Å². The maximum Gasteiger partial charge on any atom is 0.307 e. The summed E-state index contributed by atoms with van der Waals surface area (Å²) < 4.78 is 5.53. The zero-order valence-corrected chi connectivity index (χ0v) is 13.7. The van der Waals surface area contributed by atoms with Crippen molar-refractivity contribution >= 4 is 16.7 Å². The van der Waals surface area contributed by atoms with E-state index in [-0.39, 0.29) is 5.92 Å². The lowest BCUT2D eigenvalue weighted by Crippen LogP contribution is -2.43. The van der Waals surface area contributed by atoms with Gasteiger partial charge in [-0.25, -0.2) is 0 Å². The number of piperidine rings is 1. The molecule has 1 aliphatic rings. The number of hydrogen-bond acceptors (Lipinski definition) is 3. The van der Waals surface area contributed by atoms with Gasteiger partial charge in [0.1, 0.15) is 5.75 Å². The van der Waals surface area contributed by atoms with E-state index in [4.69, 9.17) is 4.74 Å². The molecule has 0 radical (unpaired) electrons. The van der Waals surface area contributed by atoms with Gasteiger partial charge >= 0.3 is 5.97 Å². The normalized spacial score (nSPS) is 22.2. The predicted octanol–water partition coefficient (Wildman–Crippen LogP) is 3.53. The molecule has 2 atom stereocenters. The number of likely N-dealkylation sites (tertiary alicyclic amines) is 1. The Labute approximate surface area is 136 Å². The van der Waals surface area contributed by atoms with Crippen molar-refractivity contribution in [3.05, 3.63) is 42.0 Å². The van der Waals surface area contributed by atoms with Crippen LogP contribution in [0, 0.1) is 5.92 Å². The fourth-order valence-corrected chi connectivity index (χ4v) is 3.43. The molecule has 0 aliphatic carbocycles. The number of ether oxygens (including phenoxy) is 1. The van der Waals surface area contributed by atoms with E-state index in [0.29, 0.717) is 12.6 Å². The molecular weight excluding hydrogens is 290 g/mol. The van der Waals surface area contributed by atoms with Gasteiger partial charge < -0.3 is 9.84 Å². The number of fused-ring (bicyclic) bond motifs is 1. The lowest BCUT2D eigenvalue weighted by Gasteiger charge is -2.36. The van der Waals surface area contributed by atoms with Crippen LogP contribution in [0.1, 0.15) is 25.3 Å². The highest BCUT2D eigenvalue weighted by Gasteiger charge is 2.29. The van der Waals surface area contributed by atoms with E-state index < -0.39 is 5.97 Å². The lowest BCUT2D eigenvalue weighted by molar-refractivity contribution is -0.144. The number of rotatable bonds is 4. The number of aliphatic carboxylic acids is 1. The molecule has 2 unspecified atom stereocenters. The number of carboxylic acid groups (broad SMARTS) is 1. The predicted molar refractivity (Wildman–Crippen MR) is 90.7 cm³/mol. The molecule has 0 bridgehead atoms. The molecule has 23 heavy (non-hydrogen) atoms. The van der Waals surface area contributed by atoms with Crippen molar-refractivity contribution in [2.45, 2.75) is 32.4 Å². The Balaban J connectivity index is 1.86. The van der Waals surface area contributed by atoms with E-state index in [9.17, 15) is 9.90 Å². The highest BCUT2D eigenvalue weighted by Crippen LogP contribution is 2.30. The quantitative estimate of drug-likeness (QED) is 0.938. The summed E-state index contributed by atoms with van der Waals surface area (Å²) in [5.74, 6) is -0.0657. The minimum absolute atomic E-state index is 0.256. The highest BCUT2D eigenvalue weighted by molar-refractivity contribution is 5.89. The molecule has 122 valence electrons. The molecular formula is C19H23NO3. The Bertz CT molecular complexity index is 713. The summed E-state index contributed by atoms with van der Waals surface area (Å²) in [5, 5.41) is 11.5. The Morgan fingerprint density at radius 2 is 2.09 bits per heavy atom. The smallest absolute Gasteiger partial charge is 0.307 e. The van der Waals surface area contributed by atoms with Gasteiger partial charge in [-0.1, -0.05) is 24.3 Å². The zero-order valence-electron chi connectivity index (χ0n) is 13.7. The van der Waals surface area contributed by atoms with Crippen LogP contribution in [0.25, 0.3) is 10.8 Å². The molecule has 0 amide bonds. The average molecular weight is 313 g/mol. The standard InChI is InChI=1S/C19H23NO3/c1-13-7-8-16(19(21)22)12-20(13)11-14-9-15-5-3-4-6-17(15)18(10-14)23-2/h3-6,9-10,13,16H,7-8,11-12H2,1-2H3,(H,21,22). The van der Waals surface area contributed by atoms with Crippen molar-refractivity contribution in [2.75, 3.05) is 13.7 Å². The molecule has 2 aromatic carbocycles. The first-order chi connectivity index (χ1) is 11.1. The van der Waals surface area contributed by atoms with E-state index in [1.807, 2.05) is 12.1 Å². The Hall–Kier alpha value is -2.07. The second kappa shape index (κ2) is 6.59. The topological polar surface area (TPSA) is 49.8 Å². The van der Waals surface area contributed by atoms with E-state index >= 15 is 0 Å². The van der Waals surface area contributed by atoms with Crippen molar-refractivity contribution in [1.29, 1.82) is 0 Å². The van der Waals surface area contributed by atoms with E-state index in [2.05, 4.69) is 36.1 Å². The second-order valence-corrected chi connectivity index (χ2v) is 6.41. The van der Waals surface area contributed by atoms with Gasteiger partial charge in [0.15, 0.2) is 0 Å². The first kappa shape index (κ1) is 15.8. The van der Waals surface area contributed by atoms with Crippen LogP contribution in [-0.2, 0) is 11.3 Å². The third-order valence-electron chi connectivity index (χ3n) is 4.85. The Morgan fingerprint density at radius 3 is 2.83 bits per heavy atom. The van der Waals surface area contributed by atoms with E-state index in [0.717, 1.165) is 35.9 Å². The fraction of sp³-hybridized carbons (Fsp3) is 0.421. The summed E-state index contributed by atoms with van der Waals surface area (Å²) in [6.07, 6.45) is 1.70. The Morgan fingerprint density at radius 1 is 1.30 bits per heavy atom. The molecule has 0 spiro atoms. The lowest BCUT2D eigenvalue weighted by atomic mass is 9.93. The molecule has 1 heterocycles. The number of benzene rings is 2. The van der Waals surface area contributed by atoms with Gasteiger partial charge in [0.25, 0.3) is 0 Å². The molecule has 1 aliphatic heterocycles. The third kappa shape index (κ3) is 3.32. The first-order valence-corrected chi connectivity index (χ1v) is 8.11. The van der Waals surface area contributed by atoms with Crippen LogP contribution in [-0.4, -0.2) is 35.7 Å². The fourth-order valence-electron chi connectivity index (χ4n) is 3.43. The highest BCUT2D eigenvalue weighted by atomic mass is 16.5. The maximum atomic E-state index is 11.3. The minimum atomic E-state index is -0.682. The van der Waals surface area contributed by atoms with Crippen molar-refractivity contribution in [3.63, 3.8) is 0 Å². The zero-order chi connectivity index (χ0) is 16.4. The second-order valence-electron chi connectivity index (χ2n) is 6.41. The average Bonchev–Trinajstić information content (AvgIpc) is 2.55. The van der Waals surface area contributed by atoms with Crippen molar-refractivity contribution < 1.29 is 14.6 Å². The van der Waals surface area contributed by atoms with Crippen LogP contribution in [0.15, 0.2) is 36.4 Å². The van der Waals surface area contributed by atoms with Crippen LogP contribution in [0.4, 0.5) is 0 Å². The summed E-state index contributed by atoms with van der Waals surface area (Å²) in [6.45, 7) is 3.55. The van der Waals surface area contributed by atoms with Crippen molar-refractivity contribution in [3.8, 4) is 5.75 Å². The number of methoxy groups -OCH3 is 1. The monoisotopic (exact) mass is 313 g/mol. The molecule has 1 saturated heterocycles. The van der Waals surface area contributed by atoms with Gasteiger partial charge in [-0.05, 0) is 42.8 Å². The van der Waals surface area contributed by atoms with Crippen LogP contribution in [0.3, 0.4) is 0 Å². The number of nitrogens with zero attached hydrogens (tertiary/aromatic N) is 1. The number of hydrogen-bond donors (Lipinski definition) is 1. The van der Waals surface area contributed by atoms with Crippen LogP contribution < -0.4 is 4.74 Å². The summed E-state index contributed by atoms with van der Waals surface area (Å²) in [6, 6.07) is 12.8. The maximum absolute atomic E-state index is 11.3. The van der Waals surface area contributed by atoms with Gasteiger partial charge in [-0.3, -0.25) is 9.69 Å². The van der Waals surface area contributed by atoms with Crippen LogP contribution in [0.5, 0.6) is 5.75 Å². The van der Waals surface area contributed by atoms with Crippen molar-refractivity contribution in [2.24, 2.45) is 5.92 Å². The number of carboxylic acids is 1. The molecule has 0 saturated carbocycles. The van der Waals surface area contributed by atoms with Gasteiger partial charge in [0.2, 0.25) is 0 Å². The Kier molecular flexibility index (Phi) is 4.53. The molecule has 1 N–H and O–H groups in total. The summed E-state index contributed by atoms with van der Waals surface area (Å²) in [7, 11) is 1.69. The summed E-state index contributed by atoms with van der Waals surface area (Å²) in [5.41, 5.74) is 1.17. The molecule has 4 nitrogen and oxygen atoms in total. The van der Waals surface area contributed by atoms with Gasteiger partial charge in [0.05, 0.1) is 13.0 Å². The van der Waals surface area contributed by atoms with Crippen LogP contribution >= 0.6 is 0 Å². The third-order valence-corrected chi connectivity index (χ3v) is 4.85. The largest absolute Gasteiger partial charge is 0.496 e. The molecule has 3 rings (SSSR count). The first-order valence-electron chi connectivity index (χ1n) is 8.11. The number of carbonyl (C=O) groups is 1. The van der Waals surface area contributed by atoms with Gasteiger partial charge in [-0.2, -0.15) is 0 Å². The molecule has 1 fully saturated rings. The SMILES string of the molecule is COc1cc(CN2CC(C(=O)O)CCC2C)cc2ccccc12. The molecule has 2 aromatic rings. The summed E-state index contributed by atoms with van der Waals surface area (Å²) in [4.78, 5) is 13.6. The summed E-state index contributed by atoms with van der Waals surface area (Å²) >= 11 is 0. The van der Waals surface area contributed by atoms with E-state index in [1.54, 1.807) is 7.11 Å². The van der Waals surface area contributed by atoms with Gasteiger partial charge in [-0.15, -0.1) is 0 Å².